The lowest BCUT2D eigenvalue weighted by molar-refractivity contribution is 0.0462. The molecule has 21 heavy (non-hydrogen) atoms. The minimum absolute atomic E-state index is 0.0196. The van der Waals surface area contributed by atoms with Crippen LogP contribution in [0.4, 0.5) is 5.82 Å². The van der Waals surface area contributed by atoms with Crippen LogP contribution < -0.4 is 5.73 Å². The van der Waals surface area contributed by atoms with Gasteiger partial charge in [0.15, 0.2) is 11.5 Å². The van der Waals surface area contributed by atoms with Crippen LogP contribution in [0.2, 0.25) is 0 Å². The first-order valence-electron chi connectivity index (χ1n) is 5.96. The largest absolute Gasteiger partial charge is 0.454 e. The maximum atomic E-state index is 11.8. The Morgan fingerprint density at radius 1 is 1.29 bits per heavy atom. The summed E-state index contributed by atoms with van der Waals surface area (Å²) in [5, 5.41) is 4.77. The molecule has 0 aromatic carbocycles. The van der Waals surface area contributed by atoms with Gasteiger partial charge >= 0.3 is 5.97 Å². The molecule has 0 radical (unpaired) electrons. The summed E-state index contributed by atoms with van der Waals surface area (Å²) in [5.41, 5.74) is 6.29. The average Bonchev–Trinajstić information content (AvgIpc) is 3.16. The van der Waals surface area contributed by atoms with E-state index >= 15 is 0 Å². The van der Waals surface area contributed by atoms with Gasteiger partial charge in [0, 0.05) is 17.8 Å². The summed E-state index contributed by atoms with van der Waals surface area (Å²) in [6, 6.07) is 3.97. The molecule has 0 saturated carbocycles. The predicted molar refractivity (Wildman–Crippen MR) is 81.0 cm³/mol. The van der Waals surface area contributed by atoms with Crippen molar-refractivity contribution in [2.24, 2.45) is 0 Å². The van der Waals surface area contributed by atoms with Crippen LogP contribution in [0.5, 0.6) is 0 Å². The van der Waals surface area contributed by atoms with Gasteiger partial charge in [-0.15, -0.1) is 22.7 Å². The highest BCUT2D eigenvalue weighted by atomic mass is 32.1. The standard InChI is InChI=1S/C13H10N4O2S2/c14-11-10(15-3-4-16-11)13(18)19-6-8-7-21-12(17-8)9-2-1-5-20-9/h1-5,7H,6H2,(H2,14,16). The fourth-order valence-corrected chi connectivity index (χ4v) is 3.22. The van der Waals surface area contributed by atoms with E-state index in [0.29, 0.717) is 5.69 Å². The summed E-state index contributed by atoms with van der Waals surface area (Å²) in [6.07, 6.45) is 2.81. The van der Waals surface area contributed by atoms with Gasteiger partial charge in [-0.3, -0.25) is 0 Å². The molecule has 8 heteroatoms. The Balaban J connectivity index is 1.66. The minimum atomic E-state index is -0.605. The van der Waals surface area contributed by atoms with Crippen LogP contribution in [0.3, 0.4) is 0 Å². The molecular weight excluding hydrogens is 308 g/mol. The van der Waals surface area contributed by atoms with E-state index in [-0.39, 0.29) is 18.1 Å². The Morgan fingerprint density at radius 2 is 2.14 bits per heavy atom. The second-order valence-electron chi connectivity index (χ2n) is 3.99. The molecule has 3 aromatic heterocycles. The second-order valence-corrected chi connectivity index (χ2v) is 5.79. The minimum Gasteiger partial charge on any atom is -0.454 e. The molecular formula is C13H10N4O2S2. The summed E-state index contributed by atoms with van der Waals surface area (Å²) in [7, 11) is 0. The first-order chi connectivity index (χ1) is 10.2. The van der Waals surface area contributed by atoms with Gasteiger partial charge < -0.3 is 10.5 Å². The number of nitrogens with zero attached hydrogens (tertiary/aromatic N) is 3. The maximum Gasteiger partial charge on any atom is 0.361 e. The topological polar surface area (TPSA) is 91.0 Å². The number of esters is 1. The Kier molecular flexibility index (Phi) is 3.89. The fourth-order valence-electron chi connectivity index (χ4n) is 1.60. The van der Waals surface area contributed by atoms with Crippen LogP contribution in [0.1, 0.15) is 16.2 Å². The fraction of sp³-hybridized carbons (Fsp3) is 0.0769. The first-order valence-corrected chi connectivity index (χ1v) is 7.72. The van der Waals surface area contributed by atoms with E-state index in [1.807, 2.05) is 22.9 Å². The van der Waals surface area contributed by atoms with Crippen molar-refractivity contribution in [3.8, 4) is 9.88 Å². The molecule has 106 valence electrons. The van der Waals surface area contributed by atoms with Gasteiger partial charge in [-0.2, -0.15) is 0 Å². The highest BCUT2D eigenvalue weighted by Gasteiger charge is 2.14. The molecule has 0 saturated heterocycles. The monoisotopic (exact) mass is 318 g/mol. The van der Waals surface area contributed by atoms with Crippen molar-refractivity contribution in [2.45, 2.75) is 6.61 Å². The molecule has 0 amide bonds. The molecule has 0 aliphatic heterocycles. The smallest absolute Gasteiger partial charge is 0.361 e. The van der Waals surface area contributed by atoms with E-state index in [4.69, 9.17) is 10.5 Å². The molecule has 0 bridgehead atoms. The van der Waals surface area contributed by atoms with E-state index in [0.717, 1.165) is 9.88 Å². The van der Waals surface area contributed by atoms with Crippen molar-refractivity contribution in [3.63, 3.8) is 0 Å². The lowest BCUT2D eigenvalue weighted by atomic mass is 10.4. The van der Waals surface area contributed by atoms with Crippen molar-refractivity contribution < 1.29 is 9.53 Å². The highest BCUT2D eigenvalue weighted by Crippen LogP contribution is 2.28. The van der Waals surface area contributed by atoms with E-state index in [9.17, 15) is 4.79 Å². The predicted octanol–water partition coefficient (Wildman–Crippen LogP) is 2.60. The van der Waals surface area contributed by atoms with E-state index in [2.05, 4.69) is 15.0 Å². The van der Waals surface area contributed by atoms with E-state index in [1.54, 1.807) is 11.3 Å². The third kappa shape index (κ3) is 3.06. The molecule has 3 rings (SSSR count). The summed E-state index contributed by atoms with van der Waals surface area (Å²) >= 11 is 3.13. The van der Waals surface area contributed by atoms with Crippen LogP contribution in [-0.2, 0) is 11.3 Å². The number of thiophene rings is 1. The highest BCUT2D eigenvalue weighted by molar-refractivity contribution is 7.20. The number of hydrogen-bond acceptors (Lipinski definition) is 8. The number of nitrogen functional groups attached to an aromatic ring is 1. The number of carbonyl (C=O) groups excluding carboxylic acids is 1. The molecule has 6 nitrogen and oxygen atoms in total. The van der Waals surface area contributed by atoms with Gasteiger partial charge in [0.2, 0.25) is 0 Å². The molecule has 3 heterocycles. The molecule has 0 unspecified atom stereocenters. The Hall–Kier alpha value is -2.32. The van der Waals surface area contributed by atoms with Crippen molar-refractivity contribution >= 4 is 34.5 Å². The third-order valence-electron chi connectivity index (χ3n) is 2.55. The molecule has 3 aromatic rings. The quantitative estimate of drug-likeness (QED) is 0.744. The van der Waals surface area contributed by atoms with Crippen LogP contribution in [0.25, 0.3) is 9.88 Å². The molecule has 2 N–H and O–H groups in total. The van der Waals surface area contributed by atoms with Gasteiger partial charge in [-0.25, -0.2) is 19.7 Å². The number of anilines is 1. The molecule has 0 fully saturated rings. The van der Waals surface area contributed by atoms with Gasteiger partial charge in [-0.05, 0) is 11.4 Å². The Labute approximate surface area is 128 Å². The summed E-state index contributed by atoms with van der Waals surface area (Å²) in [5.74, 6) is -0.550. The lowest BCUT2D eigenvalue weighted by Gasteiger charge is -2.03. The van der Waals surface area contributed by atoms with Gasteiger partial charge in [0.25, 0.3) is 0 Å². The number of rotatable bonds is 4. The molecule has 0 spiro atoms. The number of ether oxygens (including phenoxy) is 1. The number of thiazole rings is 1. The van der Waals surface area contributed by atoms with E-state index < -0.39 is 5.97 Å². The summed E-state index contributed by atoms with van der Waals surface area (Å²) in [6.45, 7) is 0.0801. The maximum absolute atomic E-state index is 11.8. The number of carbonyl (C=O) groups is 1. The van der Waals surface area contributed by atoms with Crippen LogP contribution in [0, 0.1) is 0 Å². The lowest BCUT2D eigenvalue weighted by Crippen LogP contribution is -2.11. The average molecular weight is 318 g/mol. The third-order valence-corrected chi connectivity index (χ3v) is 4.48. The zero-order valence-corrected chi connectivity index (χ0v) is 12.4. The first kappa shape index (κ1) is 13.7. The van der Waals surface area contributed by atoms with Gasteiger partial charge in [0.05, 0.1) is 10.6 Å². The van der Waals surface area contributed by atoms with Crippen molar-refractivity contribution in [3.05, 3.63) is 46.7 Å². The summed E-state index contributed by atoms with van der Waals surface area (Å²) < 4.78 is 5.15. The summed E-state index contributed by atoms with van der Waals surface area (Å²) in [4.78, 5) is 25.0. The number of hydrogen-bond donors (Lipinski definition) is 1. The zero-order valence-electron chi connectivity index (χ0n) is 10.7. The zero-order chi connectivity index (χ0) is 14.7. The number of nitrogens with two attached hydrogens (primary N) is 1. The van der Waals surface area contributed by atoms with Crippen LogP contribution >= 0.6 is 22.7 Å². The molecule has 0 atom stereocenters. The second kappa shape index (κ2) is 5.98. The van der Waals surface area contributed by atoms with Gasteiger partial charge in [0.1, 0.15) is 11.6 Å². The normalized spacial score (nSPS) is 10.5. The van der Waals surface area contributed by atoms with Crippen molar-refractivity contribution in [1.82, 2.24) is 15.0 Å². The Morgan fingerprint density at radius 3 is 2.90 bits per heavy atom. The number of aromatic nitrogens is 3. The Bertz CT molecular complexity index is 755. The molecule has 0 aliphatic carbocycles. The van der Waals surface area contributed by atoms with Crippen LogP contribution in [-0.4, -0.2) is 20.9 Å². The van der Waals surface area contributed by atoms with Crippen LogP contribution in [0.15, 0.2) is 35.3 Å². The van der Waals surface area contributed by atoms with Gasteiger partial charge in [-0.1, -0.05) is 6.07 Å². The van der Waals surface area contributed by atoms with Crippen molar-refractivity contribution in [1.29, 1.82) is 0 Å². The van der Waals surface area contributed by atoms with Crippen molar-refractivity contribution in [2.75, 3.05) is 5.73 Å². The molecule has 0 aliphatic rings. The van der Waals surface area contributed by atoms with E-state index in [1.165, 1.54) is 23.7 Å². The SMILES string of the molecule is Nc1nccnc1C(=O)OCc1csc(-c2cccs2)n1.